The Kier molecular flexibility index (Phi) is 3.16. The van der Waals surface area contributed by atoms with Crippen LogP contribution >= 0.6 is 0 Å². The quantitative estimate of drug-likeness (QED) is 0.823. The van der Waals surface area contributed by atoms with E-state index < -0.39 is 0 Å². The maximum Gasteiger partial charge on any atom is 0.255 e. The van der Waals surface area contributed by atoms with Gasteiger partial charge >= 0.3 is 0 Å². The van der Waals surface area contributed by atoms with Crippen molar-refractivity contribution >= 4 is 17.3 Å². The van der Waals surface area contributed by atoms with Crippen molar-refractivity contribution in [3.63, 3.8) is 0 Å². The first-order valence-electron chi connectivity index (χ1n) is 6.51. The Labute approximate surface area is 117 Å². The Morgan fingerprint density at radius 3 is 2.85 bits per heavy atom. The number of fused-ring (bicyclic) bond motifs is 1. The van der Waals surface area contributed by atoms with Gasteiger partial charge in [0.15, 0.2) is 0 Å². The monoisotopic (exact) mass is 268 g/mol. The summed E-state index contributed by atoms with van der Waals surface area (Å²) in [6, 6.07) is 11.2. The number of carbonyl (C=O) groups excluding carboxylic acids is 1. The molecule has 0 fully saturated rings. The van der Waals surface area contributed by atoms with Gasteiger partial charge in [-0.1, -0.05) is 12.1 Å². The van der Waals surface area contributed by atoms with Gasteiger partial charge in [0, 0.05) is 16.9 Å². The molecule has 1 heterocycles. The SMILES string of the molecule is Cc1c(N)cccc1NC(=O)c1ccc2c(c1)COC2. The lowest BCUT2D eigenvalue weighted by Crippen LogP contribution is -2.13. The van der Waals surface area contributed by atoms with E-state index in [1.54, 1.807) is 0 Å². The standard InChI is InChI=1S/C16H16N2O2/c1-10-14(17)3-2-4-15(10)18-16(19)11-5-6-12-8-20-9-13(12)7-11/h2-7H,8-9,17H2,1H3,(H,18,19). The number of amides is 1. The first-order valence-corrected chi connectivity index (χ1v) is 6.51. The molecule has 0 spiro atoms. The number of hydrogen-bond donors (Lipinski definition) is 2. The summed E-state index contributed by atoms with van der Waals surface area (Å²) >= 11 is 0. The van der Waals surface area contributed by atoms with Crippen LogP contribution in [0.4, 0.5) is 11.4 Å². The van der Waals surface area contributed by atoms with Gasteiger partial charge in [0.2, 0.25) is 0 Å². The first kappa shape index (κ1) is 12.7. The van der Waals surface area contributed by atoms with Crippen LogP contribution in [-0.4, -0.2) is 5.91 Å². The summed E-state index contributed by atoms with van der Waals surface area (Å²) in [6.45, 7) is 3.10. The largest absolute Gasteiger partial charge is 0.398 e. The van der Waals surface area contributed by atoms with Gasteiger partial charge in [-0.3, -0.25) is 4.79 Å². The second kappa shape index (κ2) is 4.98. The van der Waals surface area contributed by atoms with E-state index in [0.717, 1.165) is 22.4 Å². The molecule has 0 radical (unpaired) electrons. The second-order valence-corrected chi connectivity index (χ2v) is 4.95. The zero-order valence-corrected chi connectivity index (χ0v) is 11.3. The van der Waals surface area contributed by atoms with Crippen LogP contribution in [0.25, 0.3) is 0 Å². The molecule has 3 rings (SSSR count). The van der Waals surface area contributed by atoms with Crippen LogP contribution in [0, 0.1) is 6.92 Å². The Bertz CT molecular complexity index is 680. The third-order valence-electron chi connectivity index (χ3n) is 3.61. The molecule has 0 aliphatic carbocycles. The summed E-state index contributed by atoms with van der Waals surface area (Å²) in [7, 11) is 0. The van der Waals surface area contributed by atoms with E-state index in [9.17, 15) is 4.79 Å². The number of anilines is 2. The maximum atomic E-state index is 12.3. The lowest BCUT2D eigenvalue weighted by molar-refractivity contribution is 0.102. The van der Waals surface area contributed by atoms with Crippen LogP contribution in [0.1, 0.15) is 27.0 Å². The molecule has 0 bridgehead atoms. The molecule has 1 amide bonds. The van der Waals surface area contributed by atoms with Gasteiger partial charge in [0.1, 0.15) is 0 Å². The minimum atomic E-state index is -0.131. The average Bonchev–Trinajstić information content (AvgIpc) is 2.91. The van der Waals surface area contributed by atoms with Crippen LogP contribution in [0.3, 0.4) is 0 Å². The Morgan fingerprint density at radius 2 is 2.00 bits per heavy atom. The highest BCUT2D eigenvalue weighted by molar-refractivity contribution is 6.05. The molecule has 2 aromatic rings. The molecule has 4 heteroatoms. The van der Waals surface area contributed by atoms with E-state index in [1.165, 1.54) is 0 Å². The summed E-state index contributed by atoms with van der Waals surface area (Å²) < 4.78 is 5.35. The lowest BCUT2D eigenvalue weighted by atomic mass is 10.1. The van der Waals surface area contributed by atoms with E-state index >= 15 is 0 Å². The van der Waals surface area contributed by atoms with E-state index in [2.05, 4.69) is 5.32 Å². The zero-order valence-electron chi connectivity index (χ0n) is 11.3. The molecule has 20 heavy (non-hydrogen) atoms. The minimum absolute atomic E-state index is 0.131. The van der Waals surface area contributed by atoms with Crippen molar-refractivity contribution in [2.75, 3.05) is 11.1 Å². The molecule has 102 valence electrons. The topological polar surface area (TPSA) is 64.3 Å². The molecule has 3 N–H and O–H groups in total. The smallest absolute Gasteiger partial charge is 0.255 e. The molecule has 1 aliphatic rings. The van der Waals surface area contributed by atoms with Gasteiger partial charge in [0.25, 0.3) is 5.91 Å². The molecule has 0 saturated heterocycles. The van der Waals surface area contributed by atoms with Gasteiger partial charge in [-0.05, 0) is 47.9 Å². The van der Waals surface area contributed by atoms with Crippen molar-refractivity contribution in [2.45, 2.75) is 20.1 Å². The number of nitrogen functional groups attached to an aromatic ring is 1. The van der Waals surface area contributed by atoms with Crippen LogP contribution < -0.4 is 11.1 Å². The van der Waals surface area contributed by atoms with Crippen LogP contribution in [-0.2, 0) is 18.0 Å². The number of ether oxygens (including phenoxy) is 1. The number of nitrogens with two attached hydrogens (primary N) is 1. The van der Waals surface area contributed by atoms with E-state index in [-0.39, 0.29) is 5.91 Å². The Hall–Kier alpha value is -2.33. The van der Waals surface area contributed by atoms with E-state index in [4.69, 9.17) is 10.5 Å². The molecule has 0 atom stereocenters. The third-order valence-corrected chi connectivity index (χ3v) is 3.61. The fourth-order valence-corrected chi connectivity index (χ4v) is 2.30. The molecular formula is C16H16N2O2. The molecule has 1 aliphatic heterocycles. The number of rotatable bonds is 2. The Balaban J connectivity index is 1.84. The maximum absolute atomic E-state index is 12.3. The zero-order chi connectivity index (χ0) is 14.1. The highest BCUT2D eigenvalue weighted by Crippen LogP contribution is 2.23. The number of hydrogen-bond acceptors (Lipinski definition) is 3. The molecule has 0 unspecified atom stereocenters. The number of carbonyl (C=O) groups is 1. The Morgan fingerprint density at radius 1 is 1.20 bits per heavy atom. The highest BCUT2D eigenvalue weighted by atomic mass is 16.5. The van der Waals surface area contributed by atoms with Crippen LogP contribution in [0.15, 0.2) is 36.4 Å². The number of nitrogens with one attached hydrogen (secondary N) is 1. The van der Waals surface area contributed by atoms with Gasteiger partial charge < -0.3 is 15.8 Å². The molecule has 4 nitrogen and oxygen atoms in total. The summed E-state index contributed by atoms with van der Waals surface area (Å²) in [5.41, 5.74) is 11.0. The van der Waals surface area contributed by atoms with Gasteiger partial charge in [-0.15, -0.1) is 0 Å². The predicted molar refractivity (Wildman–Crippen MR) is 78.5 cm³/mol. The normalized spacial score (nSPS) is 13.1. The van der Waals surface area contributed by atoms with Gasteiger partial charge in [-0.2, -0.15) is 0 Å². The highest BCUT2D eigenvalue weighted by Gasteiger charge is 2.15. The van der Waals surface area contributed by atoms with Crippen molar-refractivity contribution in [3.8, 4) is 0 Å². The van der Waals surface area contributed by atoms with Crippen molar-refractivity contribution in [3.05, 3.63) is 58.7 Å². The molecule has 0 saturated carbocycles. The summed E-state index contributed by atoms with van der Waals surface area (Å²) in [5.74, 6) is -0.131. The second-order valence-electron chi connectivity index (χ2n) is 4.95. The first-order chi connectivity index (χ1) is 9.65. The lowest BCUT2D eigenvalue weighted by Gasteiger charge is -2.10. The summed E-state index contributed by atoms with van der Waals surface area (Å²) in [6.07, 6.45) is 0. The minimum Gasteiger partial charge on any atom is -0.398 e. The van der Waals surface area contributed by atoms with Crippen molar-refractivity contribution in [1.29, 1.82) is 0 Å². The van der Waals surface area contributed by atoms with Gasteiger partial charge in [-0.25, -0.2) is 0 Å². The third kappa shape index (κ3) is 2.26. The van der Waals surface area contributed by atoms with Crippen LogP contribution in [0.2, 0.25) is 0 Å². The molecule has 2 aromatic carbocycles. The van der Waals surface area contributed by atoms with Crippen molar-refractivity contribution in [1.82, 2.24) is 0 Å². The fourth-order valence-electron chi connectivity index (χ4n) is 2.30. The van der Waals surface area contributed by atoms with Crippen LogP contribution in [0.5, 0.6) is 0 Å². The van der Waals surface area contributed by atoms with Crippen molar-refractivity contribution in [2.24, 2.45) is 0 Å². The number of benzene rings is 2. The van der Waals surface area contributed by atoms with Gasteiger partial charge in [0.05, 0.1) is 13.2 Å². The predicted octanol–water partition coefficient (Wildman–Crippen LogP) is 2.86. The molecular weight excluding hydrogens is 252 g/mol. The summed E-state index contributed by atoms with van der Waals surface area (Å²) in [5, 5.41) is 2.90. The van der Waals surface area contributed by atoms with E-state index in [1.807, 2.05) is 43.3 Å². The van der Waals surface area contributed by atoms with E-state index in [0.29, 0.717) is 24.5 Å². The summed E-state index contributed by atoms with van der Waals surface area (Å²) in [4.78, 5) is 12.3. The van der Waals surface area contributed by atoms with Crippen molar-refractivity contribution < 1.29 is 9.53 Å². The molecule has 0 aromatic heterocycles. The average molecular weight is 268 g/mol. The fraction of sp³-hybridized carbons (Fsp3) is 0.188.